The minimum atomic E-state index is 0.235. The van der Waals surface area contributed by atoms with Crippen LogP contribution in [0.4, 0.5) is 0 Å². The average molecular weight is 288 g/mol. The van der Waals surface area contributed by atoms with Gasteiger partial charge in [0.05, 0.1) is 0 Å². The number of rotatable bonds is 5. The highest BCUT2D eigenvalue weighted by Crippen LogP contribution is 2.23. The standard InChI is InChI=1S/C13H24N2OS2/c16-13(5-4-11-3-1-2-6-14-11)15-9-12-10-17-7-8-18-12/h11-12,14H,1-10H2,(H,15,16). The Kier molecular flexibility index (Phi) is 6.73. The van der Waals surface area contributed by atoms with Gasteiger partial charge in [-0.05, 0) is 25.8 Å². The van der Waals surface area contributed by atoms with E-state index in [-0.39, 0.29) is 5.91 Å². The summed E-state index contributed by atoms with van der Waals surface area (Å²) >= 11 is 4.01. The van der Waals surface area contributed by atoms with E-state index in [0.29, 0.717) is 17.7 Å². The predicted octanol–water partition coefficient (Wildman–Crippen LogP) is 1.87. The second-order valence-electron chi connectivity index (χ2n) is 5.06. The third-order valence-corrected chi connectivity index (χ3v) is 6.39. The molecule has 0 aliphatic carbocycles. The molecule has 0 bridgehead atoms. The largest absolute Gasteiger partial charge is 0.355 e. The van der Waals surface area contributed by atoms with Gasteiger partial charge in [-0.15, -0.1) is 0 Å². The minimum Gasteiger partial charge on any atom is -0.355 e. The Morgan fingerprint density at radius 2 is 2.28 bits per heavy atom. The number of thioether (sulfide) groups is 2. The molecule has 0 aromatic carbocycles. The summed E-state index contributed by atoms with van der Waals surface area (Å²) in [5, 5.41) is 7.21. The van der Waals surface area contributed by atoms with Crippen LogP contribution < -0.4 is 10.6 Å². The number of hydrogen-bond acceptors (Lipinski definition) is 4. The smallest absolute Gasteiger partial charge is 0.220 e. The van der Waals surface area contributed by atoms with E-state index in [1.807, 2.05) is 23.5 Å². The molecule has 2 N–H and O–H groups in total. The van der Waals surface area contributed by atoms with Crippen LogP contribution in [0.25, 0.3) is 0 Å². The lowest BCUT2D eigenvalue weighted by Gasteiger charge is -2.24. The van der Waals surface area contributed by atoms with Crippen molar-refractivity contribution >= 4 is 29.4 Å². The fourth-order valence-electron chi connectivity index (χ4n) is 2.45. The van der Waals surface area contributed by atoms with Gasteiger partial charge in [0.1, 0.15) is 0 Å². The summed E-state index contributed by atoms with van der Waals surface area (Å²) in [4.78, 5) is 11.8. The van der Waals surface area contributed by atoms with Gasteiger partial charge >= 0.3 is 0 Å². The van der Waals surface area contributed by atoms with Crippen molar-refractivity contribution in [3.63, 3.8) is 0 Å². The fourth-order valence-corrected chi connectivity index (χ4v) is 5.06. The van der Waals surface area contributed by atoms with Gasteiger partial charge in [0.2, 0.25) is 5.91 Å². The number of nitrogens with one attached hydrogen (secondary N) is 2. The number of amides is 1. The molecule has 1 amide bonds. The van der Waals surface area contributed by atoms with Gasteiger partial charge in [0.25, 0.3) is 0 Å². The first-order chi connectivity index (χ1) is 8.84. The summed E-state index contributed by atoms with van der Waals surface area (Å²) in [6, 6.07) is 0.573. The van der Waals surface area contributed by atoms with Gasteiger partial charge in [-0.25, -0.2) is 0 Å². The second kappa shape index (κ2) is 8.33. The monoisotopic (exact) mass is 288 g/mol. The molecule has 2 fully saturated rings. The highest BCUT2D eigenvalue weighted by atomic mass is 32.2. The number of hydrogen-bond donors (Lipinski definition) is 2. The summed E-state index contributed by atoms with van der Waals surface area (Å²) in [7, 11) is 0. The first-order valence-electron chi connectivity index (χ1n) is 7.04. The quantitative estimate of drug-likeness (QED) is 0.810. The van der Waals surface area contributed by atoms with Gasteiger partial charge in [-0.1, -0.05) is 6.42 Å². The maximum Gasteiger partial charge on any atom is 0.220 e. The molecule has 0 spiro atoms. The topological polar surface area (TPSA) is 41.1 Å². The molecule has 2 rings (SSSR count). The van der Waals surface area contributed by atoms with E-state index in [2.05, 4.69) is 10.6 Å². The van der Waals surface area contributed by atoms with Crippen molar-refractivity contribution in [2.45, 2.75) is 43.4 Å². The van der Waals surface area contributed by atoms with Gasteiger partial charge in [0, 0.05) is 41.5 Å². The molecule has 2 heterocycles. The number of carbonyl (C=O) groups is 1. The van der Waals surface area contributed by atoms with Crippen molar-refractivity contribution in [1.82, 2.24) is 10.6 Å². The third-order valence-electron chi connectivity index (χ3n) is 3.54. The van der Waals surface area contributed by atoms with Gasteiger partial charge in [-0.2, -0.15) is 23.5 Å². The Bertz CT molecular complexity index is 227. The molecule has 3 nitrogen and oxygen atoms in total. The Labute approximate surface area is 119 Å². The van der Waals surface area contributed by atoms with E-state index < -0.39 is 0 Å². The summed E-state index contributed by atoms with van der Waals surface area (Å²) in [5.41, 5.74) is 0. The minimum absolute atomic E-state index is 0.235. The molecule has 2 saturated heterocycles. The van der Waals surface area contributed by atoms with Crippen LogP contribution in [0.15, 0.2) is 0 Å². The van der Waals surface area contributed by atoms with E-state index in [9.17, 15) is 4.79 Å². The van der Waals surface area contributed by atoms with Crippen LogP contribution in [0.3, 0.4) is 0 Å². The molecule has 2 atom stereocenters. The van der Waals surface area contributed by atoms with Crippen LogP contribution in [-0.4, -0.2) is 47.5 Å². The number of piperidine rings is 1. The molecule has 104 valence electrons. The lowest BCUT2D eigenvalue weighted by atomic mass is 10.0. The molecule has 5 heteroatoms. The van der Waals surface area contributed by atoms with Crippen molar-refractivity contribution in [3.8, 4) is 0 Å². The summed E-state index contributed by atoms with van der Waals surface area (Å²) in [6.07, 6.45) is 5.53. The first kappa shape index (κ1) is 14.5. The van der Waals surface area contributed by atoms with Crippen molar-refractivity contribution < 1.29 is 4.79 Å². The molecular weight excluding hydrogens is 264 g/mol. The zero-order valence-corrected chi connectivity index (χ0v) is 12.6. The Morgan fingerprint density at radius 3 is 3.00 bits per heavy atom. The van der Waals surface area contributed by atoms with E-state index in [4.69, 9.17) is 0 Å². The number of carbonyl (C=O) groups excluding carboxylic acids is 1. The van der Waals surface area contributed by atoms with Gasteiger partial charge in [0.15, 0.2) is 0 Å². The van der Waals surface area contributed by atoms with E-state index in [0.717, 1.165) is 19.5 Å². The Hall–Kier alpha value is 0.130. The van der Waals surface area contributed by atoms with E-state index in [1.54, 1.807) is 0 Å². The molecule has 2 unspecified atom stereocenters. The first-order valence-corrected chi connectivity index (χ1v) is 9.24. The molecule has 2 aliphatic rings. The predicted molar refractivity (Wildman–Crippen MR) is 81.5 cm³/mol. The summed E-state index contributed by atoms with van der Waals surface area (Å²) in [5.74, 6) is 3.92. The summed E-state index contributed by atoms with van der Waals surface area (Å²) < 4.78 is 0. The van der Waals surface area contributed by atoms with E-state index in [1.165, 1.54) is 36.5 Å². The van der Waals surface area contributed by atoms with Crippen LogP contribution in [0.2, 0.25) is 0 Å². The lowest BCUT2D eigenvalue weighted by Crippen LogP contribution is -2.37. The summed E-state index contributed by atoms with van der Waals surface area (Å²) in [6.45, 7) is 1.98. The molecule has 0 saturated carbocycles. The van der Waals surface area contributed by atoms with Crippen LogP contribution >= 0.6 is 23.5 Å². The highest BCUT2D eigenvalue weighted by molar-refractivity contribution is 8.06. The van der Waals surface area contributed by atoms with Gasteiger partial charge < -0.3 is 10.6 Å². The molecule has 2 aliphatic heterocycles. The SMILES string of the molecule is O=C(CCC1CCCCN1)NCC1CSCCS1. The van der Waals surface area contributed by atoms with Crippen molar-refractivity contribution in [1.29, 1.82) is 0 Å². The van der Waals surface area contributed by atoms with Crippen LogP contribution in [0.5, 0.6) is 0 Å². The molecular formula is C13H24N2OS2. The maximum absolute atomic E-state index is 11.8. The molecule has 0 aromatic heterocycles. The van der Waals surface area contributed by atoms with Crippen molar-refractivity contribution in [2.75, 3.05) is 30.3 Å². The van der Waals surface area contributed by atoms with Crippen molar-refractivity contribution in [2.24, 2.45) is 0 Å². The van der Waals surface area contributed by atoms with Gasteiger partial charge in [-0.3, -0.25) is 4.79 Å². The normalized spacial score (nSPS) is 28.9. The third kappa shape index (κ3) is 5.41. The van der Waals surface area contributed by atoms with E-state index >= 15 is 0 Å². The second-order valence-corrected chi connectivity index (χ2v) is 7.62. The molecule has 0 radical (unpaired) electrons. The molecule has 18 heavy (non-hydrogen) atoms. The highest BCUT2D eigenvalue weighted by Gasteiger charge is 2.16. The Morgan fingerprint density at radius 1 is 1.33 bits per heavy atom. The Balaban J connectivity index is 1.54. The zero-order valence-electron chi connectivity index (χ0n) is 11.0. The van der Waals surface area contributed by atoms with Crippen LogP contribution in [0.1, 0.15) is 32.1 Å². The lowest BCUT2D eigenvalue weighted by molar-refractivity contribution is -0.121. The average Bonchev–Trinajstić information content (AvgIpc) is 2.45. The molecule has 0 aromatic rings. The van der Waals surface area contributed by atoms with Crippen molar-refractivity contribution in [3.05, 3.63) is 0 Å². The van der Waals surface area contributed by atoms with Crippen LogP contribution in [0, 0.1) is 0 Å². The maximum atomic E-state index is 11.8. The fraction of sp³-hybridized carbons (Fsp3) is 0.923. The zero-order chi connectivity index (χ0) is 12.6. The van der Waals surface area contributed by atoms with Crippen LogP contribution in [-0.2, 0) is 4.79 Å².